The summed E-state index contributed by atoms with van der Waals surface area (Å²) >= 11 is 7.78. The maximum Gasteiger partial charge on any atom is 0.104 e. The van der Waals surface area contributed by atoms with Crippen LogP contribution >= 0.6 is 23.4 Å². The molecule has 0 saturated heterocycles. The van der Waals surface area contributed by atoms with Gasteiger partial charge in [0.25, 0.3) is 0 Å². The molecule has 1 unspecified atom stereocenters. The van der Waals surface area contributed by atoms with Gasteiger partial charge >= 0.3 is 0 Å². The van der Waals surface area contributed by atoms with Gasteiger partial charge in [-0.2, -0.15) is 17.0 Å². The van der Waals surface area contributed by atoms with Crippen LogP contribution in [0.5, 0.6) is 0 Å². The van der Waals surface area contributed by atoms with Crippen LogP contribution in [0, 0.1) is 11.3 Å². The van der Waals surface area contributed by atoms with Crippen LogP contribution in [0.15, 0.2) is 24.3 Å². The molecule has 0 amide bonds. The van der Waals surface area contributed by atoms with E-state index >= 15 is 0 Å². The molecule has 1 fully saturated rings. The summed E-state index contributed by atoms with van der Waals surface area (Å²) in [5.74, 6) is 2.10. The second kappa shape index (κ2) is 7.36. The predicted octanol–water partition coefficient (Wildman–Crippen LogP) is 4.39. The smallest absolute Gasteiger partial charge is 0.104 e. The molecule has 1 saturated carbocycles. The van der Waals surface area contributed by atoms with Crippen LogP contribution in [0.3, 0.4) is 0 Å². The molecule has 20 heavy (non-hydrogen) atoms. The zero-order valence-electron chi connectivity index (χ0n) is 11.9. The highest BCUT2D eigenvalue weighted by Gasteiger charge is 2.31. The van der Waals surface area contributed by atoms with Gasteiger partial charge < -0.3 is 0 Å². The largest absolute Gasteiger partial charge is 0.297 e. The van der Waals surface area contributed by atoms with Crippen molar-refractivity contribution in [1.82, 2.24) is 5.32 Å². The Kier molecular flexibility index (Phi) is 5.77. The summed E-state index contributed by atoms with van der Waals surface area (Å²) in [6.07, 6.45) is 4.45. The van der Waals surface area contributed by atoms with E-state index in [1.54, 1.807) is 0 Å². The van der Waals surface area contributed by atoms with Crippen molar-refractivity contribution in [3.05, 3.63) is 34.9 Å². The first-order valence-corrected chi connectivity index (χ1v) is 8.66. The molecule has 0 radical (unpaired) electrons. The SMILES string of the molecule is CC(C#N)(CCCSCc1ccc(Cl)cc1)NC1CC1. The summed E-state index contributed by atoms with van der Waals surface area (Å²) in [5.41, 5.74) is 0.959. The third-order valence-electron chi connectivity index (χ3n) is 3.49. The number of hydrogen-bond donors (Lipinski definition) is 1. The van der Waals surface area contributed by atoms with Crippen molar-refractivity contribution in [2.24, 2.45) is 0 Å². The van der Waals surface area contributed by atoms with E-state index in [4.69, 9.17) is 11.6 Å². The van der Waals surface area contributed by atoms with Crippen LogP contribution in [0.4, 0.5) is 0 Å². The molecule has 0 aliphatic heterocycles. The Balaban J connectivity index is 1.63. The summed E-state index contributed by atoms with van der Waals surface area (Å²) in [5, 5.41) is 13.5. The molecule has 1 aromatic carbocycles. The van der Waals surface area contributed by atoms with Gasteiger partial charge in [-0.05, 0) is 56.1 Å². The maximum absolute atomic E-state index is 9.29. The Bertz CT molecular complexity index is 464. The quantitative estimate of drug-likeness (QED) is 0.724. The molecule has 0 bridgehead atoms. The fourth-order valence-corrected chi connectivity index (χ4v) is 3.18. The topological polar surface area (TPSA) is 35.8 Å². The van der Waals surface area contributed by atoms with Gasteiger partial charge in [0.1, 0.15) is 5.54 Å². The molecule has 0 spiro atoms. The van der Waals surface area contributed by atoms with Gasteiger partial charge in [-0.25, -0.2) is 0 Å². The molecule has 1 N–H and O–H groups in total. The molecule has 1 aromatic rings. The molecule has 0 heterocycles. The molecule has 1 aliphatic carbocycles. The highest BCUT2D eigenvalue weighted by molar-refractivity contribution is 7.98. The second-order valence-corrected chi connectivity index (χ2v) is 7.19. The minimum atomic E-state index is -0.345. The van der Waals surface area contributed by atoms with Crippen LogP contribution in [0.1, 0.15) is 38.2 Å². The van der Waals surface area contributed by atoms with Crippen LogP contribution in [-0.2, 0) is 5.75 Å². The Hall–Kier alpha value is -0.690. The van der Waals surface area contributed by atoms with E-state index in [2.05, 4.69) is 23.5 Å². The number of nitrogens with zero attached hydrogens (tertiary/aromatic N) is 1. The standard InChI is InChI=1S/C16H21ClN2S/c1-16(12-18,19-15-7-8-15)9-2-10-20-11-13-3-5-14(17)6-4-13/h3-6,15,19H,2,7-11H2,1H3. The van der Waals surface area contributed by atoms with Gasteiger partial charge in [0.2, 0.25) is 0 Å². The summed E-state index contributed by atoms with van der Waals surface area (Å²) in [4.78, 5) is 0. The fraction of sp³-hybridized carbons (Fsp3) is 0.562. The third-order valence-corrected chi connectivity index (χ3v) is 4.86. The maximum atomic E-state index is 9.29. The molecule has 0 aromatic heterocycles. The van der Waals surface area contributed by atoms with E-state index < -0.39 is 0 Å². The lowest BCUT2D eigenvalue weighted by atomic mass is 9.98. The van der Waals surface area contributed by atoms with E-state index in [0.717, 1.165) is 29.4 Å². The van der Waals surface area contributed by atoms with Gasteiger partial charge in [0.15, 0.2) is 0 Å². The van der Waals surface area contributed by atoms with Gasteiger partial charge in [-0.15, -0.1) is 0 Å². The molecular weight excluding hydrogens is 288 g/mol. The monoisotopic (exact) mass is 308 g/mol. The number of halogens is 1. The molecule has 1 atom stereocenters. The number of hydrogen-bond acceptors (Lipinski definition) is 3. The first kappa shape index (κ1) is 15.7. The lowest BCUT2D eigenvalue weighted by Crippen LogP contribution is -2.42. The first-order valence-electron chi connectivity index (χ1n) is 7.12. The van der Waals surface area contributed by atoms with E-state index in [1.165, 1.54) is 18.4 Å². The van der Waals surface area contributed by atoms with Crippen molar-refractivity contribution in [3.8, 4) is 6.07 Å². The van der Waals surface area contributed by atoms with E-state index in [0.29, 0.717) is 6.04 Å². The highest BCUT2D eigenvalue weighted by atomic mass is 35.5. The van der Waals surface area contributed by atoms with Crippen molar-refractivity contribution in [1.29, 1.82) is 5.26 Å². The molecular formula is C16H21ClN2S. The van der Waals surface area contributed by atoms with Crippen molar-refractivity contribution in [2.45, 2.75) is 49.9 Å². The van der Waals surface area contributed by atoms with Crippen LogP contribution in [0.25, 0.3) is 0 Å². The number of benzene rings is 1. The summed E-state index contributed by atoms with van der Waals surface area (Å²) in [6.45, 7) is 2.02. The average Bonchev–Trinajstić information content (AvgIpc) is 3.24. The Labute approximate surface area is 130 Å². The lowest BCUT2D eigenvalue weighted by Gasteiger charge is -2.23. The van der Waals surface area contributed by atoms with Gasteiger partial charge in [-0.1, -0.05) is 23.7 Å². The Morgan fingerprint density at radius 2 is 2.10 bits per heavy atom. The normalized spacial score (nSPS) is 17.4. The van der Waals surface area contributed by atoms with Crippen molar-refractivity contribution in [2.75, 3.05) is 5.75 Å². The van der Waals surface area contributed by atoms with Crippen LogP contribution < -0.4 is 5.32 Å². The van der Waals surface area contributed by atoms with Crippen LogP contribution in [-0.4, -0.2) is 17.3 Å². The van der Waals surface area contributed by atoms with Gasteiger partial charge in [0.05, 0.1) is 6.07 Å². The predicted molar refractivity (Wildman–Crippen MR) is 87.0 cm³/mol. The second-order valence-electron chi connectivity index (χ2n) is 5.65. The van der Waals surface area contributed by atoms with Crippen LogP contribution in [0.2, 0.25) is 5.02 Å². The highest BCUT2D eigenvalue weighted by Crippen LogP contribution is 2.25. The van der Waals surface area contributed by atoms with Gasteiger partial charge in [-0.3, -0.25) is 5.32 Å². The summed E-state index contributed by atoms with van der Waals surface area (Å²) in [6, 6.07) is 11.0. The third kappa shape index (κ3) is 5.36. The molecule has 2 nitrogen and oxygen atoms in total. The molecule has 1 aliphatic rings. The zero-order valence-corrected chi connectivity index (χ0v) is 13.4. The minimum Gasteiger partial charge on any atom is -0.297 e. The molecule has 4 heteroatoms. The van der Waals surface area contributed by atoms with Crippen molar-refractivity contribution >= 4 is 23.4 Å². The van der Waals surface area contributed by atoms with Crippen molar-refractivity contribution < 1.29 is 0 Å². The fourth-order valence-electron chi connectivity index (χ4n) is 2.14. The molecule has 108 valence electrons. The van der Waals surface area contributed by atoms with E-state index in [1.807, 2.05) is 30.8 Å². The number of rotatable bonds is 8. The summed E-state index contributed by atoms with van der Waals surface area (Å²) < 4.78 is 0. The summed E-state index contributed by atoms with van der Waals surface area (Å²) in [7, 11) is 0. The van der Waals surface area contributed by atoms with E-state index in [-0.39, 0.29) is 5.54 Å². The Morgan fingerprint density at radius 3 is 2.70 bits per heavy atom. The van der Waals surface area contributed by atoms with E-state index in [9.17, 15) is 5.26 Å². The Morgan fingerprint density at radius 1 is 1.40 bits per heavy atom. The zero-order chi connectivity index (χ0) is 14.4. The van der Waals surface area contributed by atoms with Crippen molar-refractivity contribution in [3.63, 3.8) is 0 Å². The number of nitriles is 1. The van der Waals surface area contributed by atoms with Gasteiger partial charge in [0, 0.05) is 16.8 Å². The number of nitrogens with one attached hydrogen (secondary N) is 1. The average molecular weight is 309 g/mol. The minimum absolute atomic E-state index is 0.345. The first-order chi connectivity index (χ1) is 9.61. The lowest BCUT2D eigenvalue weighted by molar-refractivity contribution is 0.412. The molecule has 2 rings (SSSR count). The number of thioether (sulfide) groups is 1.